The number of rotatable bonds is 11. The zero-order valence-corrected chi connectivity index (χ0v) is 26.2. The van der Waals surface area contributed by atoms with Crippen molar-refractivity contribution in [1.82, 2.24) is 34.4 Å². The zero-order valence-electron chi connectivity index (χ0n) is 26.2. The first-order valence-corrected chi connectivity index (χ1v) is 15.7. The number of benzene rings is 1. The SMILES string of the molecule is C[C@@H](Cn1cc(F)cn1)Oc1cc(-c2cnc(Nc3cn(C4CCN(C5CCOCC5)CC4)nc3OCC(F)(F)F)nc2)ccc1C#N. The lowest BCUT2D eigenvalue weighted by Crippen LogP contribution is -2.44. The fourth-order valence-corrected chi connectivity index (χ4v) is 5.98. The number of nitrogens with zero attached hydrogens (tertiary/aromatic N) is 8. The Labute approximate surface area is 274 Å². The van der Waals surface area contributed by atoms with E-state index in [0.29, 0.717) is 28.5 Å². The monoisotopic (exact) mass is 669 g/mol. The standard InChI is InChI=1S/C32H35F4N9O3/c1-21(17-44-18-25(33)16-40-44)48-29-12-22(2-3-23(29)13-37)24-14-38-31(39-15-24)41-28-19-45(42-30(28)47-20-32(34,35)36)27-4-8-43(9-5-27)26-6-10-46-11-7-26/h2-3,12,14-16,18-19,21,26-27H,4-11,17,20H2,1H3,(H,38,39,41)/t21-/m0/s1. The number of ether oxygens (including phenoxy) is 3. The average molecular weight is 670 g/mol. The minimum Gasteiger partial charge on any atom is -0.487 e. The highest BCUT2D eigenvalue weighted by Gasteiger charge is 2.31. The van der Waals surface area contributed by atoms with Gasteiger partial charge in [0.05, 0.1) is 36.7 Å². The van der Waals surface area contributed by atoms with Gasteiger partial charge in [0.25, 0.3) is 5.88 Å². The van der Waals surface area contributed by atoms with Crippen LogP contribution in [0.15, 0.2) is 49.2 Å². The first-order chi connectivity index (χ1) is 23.1. The van der Waals surface area contributed by atoms with Gasteiger partial charge in [0.15, 0.2) is 12.4 Å². The first-order valence-electron chi connectivity index (χ1n) is 15.7. The van der Waals surface area contributed by atoms with Gasteiger partial charge in [0.1, 0.15) is 23.6 Å². The molecule has 12 nitrogen and oxygen atoms in total. The number of aromatic nitrogens is 6. The quantitative estimate of drug-likeness (QED) is 0.204. The minimum atomic E-state index is -4.53. The molecule has 0 saturated carbocycles. The Morgan fingerprint density at radius 3 is 2.46 bits per heavy atom. The summed E-state index contributed by atoms with van der Waals surface area (Å²) in [6.45, 7) is 3.83. The van der Waals surface area contributed by atoms with Gasteiger partial charge < -0.3 is 24.4 Å². The molecule has 2 aliphatic rings. The minimum absolute atomic E-state index is 0.00407. The van der Waals surface area contributed by atoms with E-state index in [-0.39, 0.29) is 30.1 Å². The molecule has 0 spiro atoms. The number of nitriles is 1. The summed E-state index contributed by atoms with van der Waals surface area (Å²) in [6.07, 6.45) is 5.74. The summed E-state index contributed by atoms with van der Waals surface area (Å²) in [6, 6.07) is 7.63. The Morgan fingerprint density at radius 2 is 1.79 bits per heavy atom. The summed E-state index contributed by atoms with van der Waals surface area (Å²) >= 11 is 0. The van der Waals surface area contributed by atoms with Gasteiger partial charge in [-0.05, 0) is 50.3 Å². The topological polar surface area (TPSA) is 128 Å². The molecule has 3 aromatic heterocycles. The van der Waals surface area contributed by atoms with E-state index in [9.17, 15) is 22.8 Å². The Balaban J connectivity index is 1.14. The molecule has 254 valence electrons. The predicted molar refractivity (Wildman–Crippen MR) is 165 cm³/mol. The number of piperidine rings is 1. The van der Waals surface area contributed by atoms with Gasteiger partial charge in [-0.1, -0.05) is 6.07 Å². The van der Waals surface area contributed by atoms with E-state index < -0.39 is 24.7 Å². The number of halogens is 4. The van der Waals surface area contributed by atoms with Gasteiger partial charge in [-0.3, -0.25) is 9.36 Å². The zero-order chi connectivity index (χ0) is 33.7. The normalized spacial score (nSPS) is 17.2. The molecule has 0 radical (unpaired) electrons. The Kier molecular flexibility index (Phi) is 10.1. The van der Waals surface area contributed by atoms with Crippen LogP contribution in [0.5, 0.6) is 11.6 Å². The molecule has 0 aliphatic carbocycles. The van der Waals surface area contributed by atoms with Gasteiger partial charge in [-0.15, -0.1) is 5.10 Å². The third kappa shape index (κ3) is 8.39. The van der Waals surface area contributed by atoms with Crippen LogP contribution in [0.2, 0.25) is 0 Å². The highest BCUT2D eigenvalue weighted by molar-refractivity contribution is 5.67. The number of nitrogens with one attached hydrogen (secondary N) is 1. The molecule has 16 heteroatoms. The van der Waals surface area contributed by atoms with E-state index in [1.807, 2.05) is 0 Å². The Hall–Kier alpha value is -4.75. The lowest BCUT2D eigenvalue weighted by Gasteiger charge is -2.39. The van der Waals surface area contributed by atoms with Crippen LogP contribution in [-0.4, -0.2) is 85.7 Å². The fourth-order valence-electron chi connectivity index (χ4n) is 5.98. The van der Waals surface area contributed by atoms with Crippen molar-refractivity contribution in [3.05, 3.63) is 60.6 Å². The highest BCUT2D eigenvalue weighted by Crippen LogP contribution is 2.33. The van der Waals surface area contributed by atoms with Crippen molar-refractivity contribution in [3.8, 4) is 28.8 Å². The van der Waals surface area contributed by atoms with Crippen LogP contribution in [0.25, 0.3) is 11.1 Å². The van der Waals surface area contributed by atoms with Crippen LogP contribution in [0.1, 0.15) is 44.2 Å². The van der Waals surface area contributed by atoms with Crippen molar-refractivity contribution in [2.75, 3.05) is 38.2 Å². The molecule has 1 aromatic carbocycles. The van der Waals surface area contributed by atoms with Crippen LogP contribution in [0, 0.1) is 17.1 Å². The second kappa shape index (κ2) is 14.6. The van der Waals surface area contributed by atoms with Gasteiger partial charge in [0, 0.05) is 50.3 Å². The van der Waals surface area contributed by atoms with Crippen LogP contribution in [0.4, 0.5) is 29.2 Å². The van der Waals surface area contributed by atoms with E-state index in [0.717, 1.165) is 58.2 Å². The molecular weight excluding hydrogens is 634 g/mol. The second-order valence-corrected chi connectivity index (χ2v) is 11.9. The molecule has 2 saturated heterocycles. The molecular formula is C32H35F4N9O3. The van der Waals surface area contributed by atoms with Gasteiger partial charge in [-0.25, -0.2) is 14.4 Å². The van der Waals surface area contributed by atoms with Crippen LogP contribution < -0.4 is 14.8 Å². The molecule has 0 amide bonds. The smallest absolute Gasteiger partial charge is 0.422 e. The molecule has 5 heterocycles. The highest BCUT2D eigenvalue weighted by atomic mass is 19.4. The number of hydrogen-bond donors (Lipinski definition) is 1. The third-order valence-corrected chi connectivity index (χ3v) is 8.36. The maximum atomic E-state index is 13.3. The van der Waals surface area contributed by atoms with E-state index in [4.69, 9.17) is 14.2 Å². The average Bonchev–Trinajstić information content (AvgIpc) is 3.69. The summed E-state index contributed by atoms with van der Waals surface area (Å²) in [5.74, 6) is -0.183. The third-order valence-electron chi connectivity index (χ3n) is 8.36. The molecule has 1 atom stereocenters. The van der Waals surface area contributed by atoms with Crippen LogP contribution >= 0.6 is 0 Å². The summed E-state index contributed by atoms with van der Waals surface area (Å²) in [5.41, 5.74) is 1.81. The number of anilines is 2. The predicted octanol–water partition coefficient (Wildman–Crippen LogP) is 5.52. The lowest BCUT2D eigenvalue weighted by molar-refractivity contribution is -0.154. The molecule has 6 rings (SSSR count). The van der Waals surface area contributed by atoms with Gasteiger partial charge in [0.2, 0.25) is 5.95 Å². The largest absolute Gasteiger partial charge is 0.487 e. The van der Waals surface area contributed by atoms with Crippen molar-refractivity contribution in [2.45, 2.75) is 63.5 Å². The maximum absolute atomic E-state index is 13.3. The van der Waals surface area contributed by atoms with Crippen molar-refractivity contribution in [3.63, 3.8) is 0 Å². The van der Waals surface area contributed by atoms with E-state index in [2.05, 4.69) is 36.5 Å². The summed E-state index contributed by atoms with van der Waals surface area (Å²) in [4.78, 5) is 11.2. The molecule has 2 fully saturated rings. The maximum Gasteiger partial charge on any atom is 0.422 e. The van der Waals surface area contributed by atoms with Gasteiger partial charge in [-0.2, -0.15) is 23.5 Å². The van der Waals surface area contributed by atoms with E-state index >= 15 is 0 Å². The summed E-state index contributed by atoms with van der Waals surface area (Å²) in [7, 11) is 0. The molecule has 4 aromatic rings. The van der Waals surface area contributed by atoms with Crippen molar-refractivity contribution in [2.24, 2.45) is 0 Å². The van der Waals surface area contributed by atoms with Crippen LogP contribution in [0.3, 0.4) is 0 Å². The number of likely N-dealkylation sites (tertiary alicyclic amines) is 1. The van der Waals surface area contributed by atoms with Crippen molar-refractivity contribution in [1.29, 1.82) is 5.26 Å². The molecule has 1 N–H and O–H groups in total. The second-order valence-electron chi connectivity index (χ2n) is 11.9. The number of alkyl halides is 3. The van der Waals surface area contributed by atoms with Crippen molar-refractivity contribution < 1.29 is 31.8 Å². The Bertz CT molecular complexity index is 1710. The van der Waals surface area contributed by atoms with Gasteiger partial charge >= 0.3 is 6.18 Å². The molecule has 48 heavy (non-hydrogen) atoms. The fraction of sp³-hybridized carbons (Fsp3) is 0.469. The lowest BCUT2D eigenvalue weighted by atomic mass is 10.00. The summed E-state index contributed by atoms with van der Waals surface area (Å²) in [5, 5.41) is 20.9. The van der Waals surface area contributed by atoms with E-state index in [1.165, 1.54) is 10.9 Å². The Morgan fingerprint density at radius 1 is 1.04 bits per heavy atom. The first kappa shape index (κ1) is 33.2. The van der Waals surface area contributed by atoms with Crippen LogP contribution in [-0.2, 0) is 11.3 Å². The van der Waals surface area contributed by atoms with E-state index in [1.54, 1.807) is 48.4 Å². The molecule has 2 aliphatic heterocycles. The molecule has 0 bridgehead atoms. The van der Waals surface area contributed by atoms with Crippen molar-refractivity contribution >= 4 is 11.6 Å². The summed E-state index contributed by atoms with van der Waals surface area (Å²) < 4.78 is 72.2. The molecule has 0 unspecified atom stereocenters. The number of hydrogen-bond acceptors (Lipinski definition) is 10.